The number of sulfone groups is 1. The van der Waals surface area contributed by atoms with E-state index in [0.29, 0.717) is 22.8 Å². The van der Waals surface area contributed by atoms with Gasteiger partial charge in [-0.05, 0) is 32.0 Å². The Bertz CT molecular complexity index is 1360. The molecule has 32 heavy (non-hydrogen) atoms. The molecule has 0 fully saturated rings. The number of anilines is 2. The summed E-state index contributed by atoms with van der Waals surface area (Å²) in [5, 5.41) is 14.0. The maximum atomic E-state index is 14.7. The molecule has 0 amide bonds. The molecular weight excluding hydrogens is 439 g/mol. The molecule has 0 aliphatic carbocycles. The average molecular weight is 460 g/mol. The summed E-state index contributed by atoms with van der Waals surface area (Å²) in [6.07, 6.45) is 4.36. The van der Waals surface area contributed by atoms with Crippen LogP contribution in [-0.2, 0) is 15.4 Å². The Morgan fingerprint density at radius 3 is 2.66 bits per heavy atom. The normalized spacial score (nSPS) is 24.7. The molecule has 2 atom stereocenters. The number of halogens is 1. The van der Waals surface area contributed by atoms with Crippen molar-refractivity contribution in [2.75, 3.05) is 18.2 Å². The lowest BCUT2D eigenvalue weighted by Gasteiger charge is -2.36. The largest absolute Gasteiger partial charge is 0.495 e. The van der Waals surface area contributed by atoms with Crippen LogP contribution in [0.15, 0.2) is 41.8 Å². The van der Waals surface area contributed by atoms with Gasteiger partial charge in [0, 0.05) is 17.1 Å². The van der Waals surface area contributed by atoms with Gasteiger partial charge in [0.1, 0.15) is 22.6 Å². The number of fused-ring (bicyclic) bond motifs is 1. The number of aliphatic hydroxyl groups is 1. The SMILES string of the molecule is COc1cnc2c(Nc3cnc(F)c([C@]4(C)CS(=O)(=O)[C@@](C)(O)C(N)=N4)c3)nccc2c1. The summed E-state index contributed by atoms with van der Waals surface area (Å²) in [7, 11) is -2.60. The molecule has 0 saturated carbocycles. The number of rotatable bonds is 4. The van der Waals surface area contributed by atoms with E-state index >= 15 is 0 Å². The van der Waals surface area contributed by atoms with Crippen LogP contribution < -0.4 is 15.8 Å². The lowest BCUT2D eigenvalue weighted by molar-refractivity contribution is 0.204. The van der Waals surface area contributed by atoms with E-state index in [4.69, 9.17) is 10.5 Å². The maximum absolute atomic E-state index is 14.7. The summed E-state index contributed by atoms with van der Waals surface area (Å²) in [5.41, 5.74) is 4.93. The zero-order chi connectivity index (χ0) is 23.3. The van der Waals surface area contributed by atoms with E-state index in [0.717, 1.165) is 12.3 Å². The third-order valence-electron chi connectivity index (χ3n) is 5.41. The number of amidine groups is 1. The molecular formula is C20H21FN6O4S. The average Bonchev–Trinajstić information content (AvgIpc) is 2.73. The van der Waals surface area contributed by atoms with Gasteiger partial charge >= 0.3 is 0 Å². The molecule has 0 bridgehead atoms. The molecule has 1 aliphatic rings. The van der Waals surface area contributed by atoms with E-state index in [1.54, 1.807) is 24.5 Å². The smallest absolute Gasteiger partial charge is 0.220 e. The van der Waals surface area contributed by atoms with Gasteiger partial charge in [-0.2, -0.15) is 4.39 Å². The van der Waals surface area contributed by atoms with E-state index < -0.39 is 37.8 Å². The van der Waals surface area contributed by atoms with E-state index in [-0.39, 0.29) is 5.56 Å². The maximum Gasteiger partial charge on any atom is 0.220 e. The van der Waals surface area contributed by atoms with Gasteiger partial charge in [0.15, 0.2) is 15.7 Å². The second kappa shape index (κ2) is 7.35. The van der Waals surface area contributed by atoms with Crippen LogP contribution in [0.2, 0.25) is 0 Å². The molecule has 1 aliphatic heterocycles. The predicted molar refractivity (Wildman–Crippen MR) is 117 cm³/mol. The van der Waals surface area contributed by atoms with Crippen LogP contribution in [0.5, 0.6) is 5.75 Å². The number of methoxy groups -OCH3 is 1. The minimum atomic E-state index is -4.14. The standard InChI is InChI=1S/C20H21FN6O4S/c1-19(10-32(29,30)20(2,28)18(22)27-19)14-7-12(8-25-16(14)21)26-17-15-11(4-5-23-17)6-13(31-3)9-24-15/h4-9,28H,10H2,1-3H3,(H2,22,27)(H,23,26)/t19-,20+/m0/s1. The summed E-state index contributed by atoms with van der Waals surface area (Å²) in [4.78, 5) is 14.2. The van der Waals surface area contributed by atoms with Crippen molar-refractivity contribution in [2.24, 2.45) is 10.7 Å². The Labute approximate surface area is 183 Å². The molecule has 168 valence electrons. The molecule has 4 N–H and O–H groups in total. The fourth-order valence-corrected chi connectivity index (χ4v) is 5.09. The highest BCUT2D eigenvalue weighted by Gasteiger charge is 2.51. The number of pyridine rings is 3. The second-order valence-corrected chi connectivity index (χ2v) is 10.1. The first-order chi connectivity index (χ1) is 15.0. The first-order valence-electron chi connectivity index (χ1n) is 9.49. The van der Waals surface area contributed by atoms with Crippen LogP contribution in [0, 0.1) is 5.95 Å². The minimum absolute atomic E-state index is 0.0978. The summed E-state index contributed by atoms with van der Waals surface area (Å²) in [6, 6.07) is 4.95. The molecule has 0 spiro atoms. The Kier molecular flexibility index (Phi) is 5.01. The second-order valence-electron chi connectivity index (χ2n) is 7.81. The van der Waals surface area contributed by atoms with Crippen LogP contribution in [0.1, 0.15) is 19.4 Å². The van der Waals surface area contributed by atoms with E-state index in [2.05, 4.69) is 25.3 Å². The third-order valence-corrected chi connectivity index (χ3v) is 7.77. The zero-order valence-corrected chi connectivity index (χ0v) is 18.3. The van der Waals surface area contributed by atoms with Crippen molar-refractivity contribution in [1.82, 2.24) is 15.0 Å². The fourth-order valence-electron chi connectivity index (χ4n) is 3.48. The highest BCUT2D eigenvalue weighted by molar-refractivity contribution is 7.93. The third kappa shape index (κ3) is 3.50. The summed E-state index contributed by atoms with van der Waals surface area (Å²) < 4.78 is 45.1. The number of nitrogens with zero attached hydrogens (tertiary/aromatic N) is 4. The first kappa shape index (κ1) is 21.8. The lowest BCUT2D eigenvalue weighted by atomic mass is 9.95. The highest BCUT2D eigenvalue weighted by atomic mass is 32.2. The van der Waals surface area contributed by atoms with Gasteiger partial charge in [-0.15, -0.1) is 0 Å². The molecule has 4 heterocycles. The Morgan fingerprint density at radius 2 is 1.97 bits per heavy atom. The van der Waals surface area contributed by atoms with Crippen LogP contribution in [-0.4, -0.2) is 52.1 Å². The molecule has 3 aromatic rings. The summed E-state index contributed by atoms with van der Waals surface area (Å²) >= 11 is 0. The highest BCUT2D eigenvalue weighted by Crippen LogP contribution is 2.37. The number of aliphatic imine (C=N–C) groups is 1. The Morgan fingerprint density at radius 1 is 1.22 bits per heavy atom. The first-order valence-corrected chi connectivity index (χ1v) is 11.1. The monoisotopic (exact) mass is 460 g/mol. The summed E-state index contributed by atoms with van der Waals surface area (Å²) in [5.74, 6) is -1.10. The molecule has 4 rings (SSSR count). The van der Waals surface area contributed by atoms with Gasteiger partial charge in [0.25, 0.3) is 0 Å². The van der Waals surface area contributed by atoms with Crippen molar-refractivity contribution < 1.29 is 22.7 Å². The van der Waals surface area contributed by atoms with Gasteiger partial charge in [-0.3, -0.25) is 4.99 Å². The van der Waals surface area contributed by atoms with Gasteiger partial charge in [-0.25, -0.2) is 23.4 Å². The van der Waals surface area contributed by atoms with Crippen molar-refractivity contribution in [3.63, 3.8) is 0 Å². The van der Waals surface area contributed by atoms with Crippen molar-refractivity contribution in [1.29, 1.82) is 0 Å². The number of nitrogens with two attached hydrogens (primary N) is 1. The number of nitrogens with one attached hydrogen (secondary N) is 1. The zero-order valence-electron chi connectivity index (χ0n) is 17.5. The quantitative estimate of drug-likeness (QED) is 0.493. The number of ether oxygens (including phenoxy) is 1. The van der Waals surface area contributed by atoms with E-state index in [9.17, 15) is 17.9 Å². The molecule has 0 saturated heterocycles. The molecule has 0 unspecified atom stereocenters. The van der Waals surface area contributed by atoms with E-state index in [1.165, 1.54) is 26.3 Å². The van der Waals surface area contributed by atoms with Crippen LogP contribution in [0.25, 0.3) is 10.9 Å². The van der Waals surface area contributed by atoms with Gasteiger partial charge in [-0.1, -0.05) is 0 Å². The molecule has 10 nitrogen and oxygen atoms in total. The number of hydrogen-bond donors (Lipinski definition) is 3. The topological polar surface area (TPSA) is 153 Å². The number of hydrogen-bond acceptors (Lipinski definition) is 10. The summed E-state index contributed by atoms with van der Waals surface area (Å²) in [6.45, 7) is 2.46. The van der Waals surface area contributed by atoms with Crippen molar-refractivity contribution in [3.8, 4) is 5.75 Å². The molecule has 12 heteroatoms. The minimum Gasteiger partial charge on any atom is -0.495 e. The Balaban J connectivity index is 1.77. The van der Waals surface area contributed by atoms with Gasteiger partial charge < -0.3 is 20.9 Å². The predicted octanol–water partition coefficient (Wildman–Crippen LogP) is 1.63. The van der Waals surface area contributed by atoms with Crippen molar-refractivity contribution in [2.45, 2.75) is 24.3 Å². The molecule has 3 aromatic heterocycles. The van der Waals surface area contributed by atoms with Crippen LogP contribution in [0.4, 0.5) is 15.9 Å². The van der Waals surface area contributed by atoms with Crippen LogP contribution in [0.3, 0.4) is 0 Å². The van der Waals surface area contributed by atoms with Gasteiger partial charge in [0.05, 0.1) is 30.9 Å². The van der Waals surface area contributed by atoms with Crippen molar-refractivity contribution in [3.05, 3.63) is 48.3 Å². The van der Waals surface area contributed by atoms with Gasteiger partial charge in [0.2, 0.25) is 10.9 Å². The Hall–Kier alpha value is -3.38. The van der Waals surface area contributed by atoms with E-state index in [1.807, 2.05) is 0 Å². The van der Waals surface area contributed by atoms with Crippen molar-refractivity contribution >= 4 is 38.1 Å². The fraction of sp³-hybridized carbons (Fsp3) is 0.300. The lowest BCUT2D eigenvalue weighted by Crippen LogP contribution is -2.56. The molecule has 0 radical (unpaired) electrons. The molecule has 0 aromatic carbocycles. The number of aromatic nitrogens is 3. The van der Waals surface area contributed by atoms with Crippen LogP contribution >= 0.6 is 0 Å².